The molecule has 54 heavy (non-hydrogen) atoms. The van der Waals surface area contributed by atoms with Gasteiger partial charge in [0.1, 0.15) is 24.6 Å². The number of phenolic OH excluding ortho intramolecular Hbond substituents is 1. The zero-order valence-corrected chi connectivity index (χ0v) is 33.8. The number of nitro benzene ring substituents is 1. The summed E-state index contributed by atoms with van der Waals surface area (Å²) in [5.74, 6) is 2.48. The average molecular weight is 822 g/mol. The summed E-state index contributed by atoms with van der Waals surface area (Å²) in [5, 5.41) is 37.4. The summed E-state index contributed by atoms with van der Waals surface area (Å²) in [6, 6.07) is 18.9. The fraction of sp³-hybridized carbons (Fsp3) is 0.472. The second-order valence-electron chi connectivity index (χ2n) is 14.0. The van der Waals surface area contributed by atoms with E-state index in [9.17, 15) is 30.1 Å². The molecule has 0 spiro atoms. The molecule has 1 amide bonds. The minimum atomic E-state index is -0.843. The summed E-state index contributed by atoms with van der Waals surface area (Å²) < 4.78 is 10.7. The molecule has 3 aromatic carbocycles. The maximum Gasteiger partial charge on any atom is 0.311 e. The molecule has 3 heterocycles. The lowest BCUT2D eigenvalue weighted by Crippen LogP contribution is -2.36. The van der Waals surface area contributed by atoms with Crippen LogP contribution in [-0.4, -0.2) is 69.8 Å². The van der Waals surface area contributed by atoms with Crippen molar-refractivity contribution < 1.29 is 34.2 Å². The van der Waals surface area contributed by atoms with E-state index in [1.165, 1.54) is 30.0 Å². The molecule has 5 N–H and O–H groups in total. The van der Waals surface area contributed by atoms with Gasteiger partial charge in [0.25, 0.3) is 5.09 Å². The summed E-state index contributed by atoms with van der Waals surface area (Å²) in [5.41, 5.74) is 8.67. The Morgan fingerprint density at radius 1 is 1.00 bits per heavy atom. The molecule has 3 saturated heterocycles. The van der Waals surface area contributed by atoms with Gasteiger partial charge in [-0.05, 0) is 45.7 Å². The normalized spacial score (nSPS) is 20.9. The number of anilines is 1. The van der Waals surface area contributed by atoms with Crippen molar-refractivity contribution in [1.29, 1.82) is 0 Å². The van der Waals surface area contributed by atoms with Gasteiger partial charge in [-0.3, -0.25) is 14.9 Å². The highest BCUT2D eigenvalue weighted by molar-refractivity contribution is 8.77. The van der Waals surface area contributed by atoms with Gasteiger partial charge in [-0.1, -0.05) is 113 Å². The molecule has 0 aromatic heterocycles. The Labute approximate surface area is 330 Å². The molecule has 0 saturated carbocycles. The summed E-state index contributed by atoms with van der Waals surface area (Å²) in [7, 11) is 7.54. The maximum atomic E-state index is 11.1. The molecule has 18 heteroatoms. The number of nitro groups is 1. The van der Waals surface area contributed by atoms with E-state index in [1.54, 1.807) is 6.07 Å². The lowest BCUT2D eigenvalue weighted by molar-refractivity contribution is -0.770. The molecule has 0 bridgehead atoms. The highest BCUT2D eigenvalue weighted by Gasteiger charge is 2.36. The monoisotopic (exact) mass is 821 g/mol. The van der Waals surface area contributed by atoms with Gasteiger partial charge in [0.15, 0.2) is 5.75 Å². The Morgan fingerprint density at radius 3 is 2.20 bits per heavy atom. The van der Waals surface area contributed by atoms with Crippen LogP contribution in [0.25, 0.3) is 0 Å². The van der Waals surface area contributed by atoms with E-state index in [-0.39, 0.29) is 40.9 Å². The Kier molecular flexibility index (Phi) is 16.5. The van der Waals surface area contributed by atoms with E-state index in [0.29, 0.717) is 47.6 Å². The minimum absolute atomic E-state index is 0.00290. The van der Waals surface area contributed by atoms with Crippen LogP contribution in [0, 0.1) is 31.1 Å². The van der Waals surface area contributed by atoms with Gasteiger partial charge in [0, 0.05) is 47.7 Å². The van der Waals surface area contributed by atoms with Crippen molar-refractivity contribution >= 4 is 61.0 Å². The molecule has 0 radical (unpaired) electrons. The number of carbonyl (C=O) groups excluding carboxylic acids is 1. The number of nitrogens with zero attached hydrogens (tertiary/aromatic N) is 2. The van der Waals surface area contributed by atoms with Crippen molar-refractivity contribution in [1.82, 2.24) is 5.32 Å². The SMILES string of the molecule is CC1(C)CSSC1CN.CC1(C)CSSC1CNCC(O[N+](=O)[O-])c1ccc(O)c(NC=O)c1.O=[N+]([O-])c1cc(C2CO2)ccc1OCc1ccccc1. The van der Waals surface area contributed by atoms with Crippen molar-refractivity contribution in [2.24, 2.45) is 16.6 Å². The number of amides is 1. The third-order valence-corrected chi connectivity index (χ3v) is 15.8. The van der Waals surface area contributed by atoms with E-state index >= 15 is 0 Å². The number of epoxide rings is 1. The first-order valence-electron chi connectivity index (χ1n) is 17.1. The van der Waals surface area contributed by atoms with E-state index in [2.05, 4.69) is 38.3 Å². The zero-order chi connectivity index (χ0) is 39.3. The first kappa shape index (κ1) is 43.3. The van der Waals surface area contributed by atoms with Crippen LogP contribution < -0.4 is 21.1 Å². The van der Waals surface area contributed by atoms with Crippen LogP contribution in [0.3, 0.4) is 0 Å². The van der Waals surface area contributed by atoms with Gasteiger partial charge in [-0.15, -0.1) is 10.1 Å². The van der Waals surface area contributed by atoms with Gasteiger partial charge in [-0.25, -0.2) is 0 Å². The van der Waals surface area contributed by atoms with Gasteiger partial charge >= 0.3 is 5.69 Å². The summed E-state index contributed by atoms with van der Waals surface area (Å²) in [6.45, 7) is 11.7. The Hall–Kier alpha value is -3.39. The van der Waals surface area contributed by atoms with Crippen molar-refractivity contribution in [3.8, 4) is 11.5 Å². The summed E-state index contributed by atoms with van der Waals surface area (Å²) in [6.07, 6.45) is -0.417. The Bertz CT molecular complexity index is 1700. The molecule has 3 fully saturated rings. The second kappa shape index (κ2) is 20.5. The van der Waals surface area contributed by atoms with Crippen molar-refractivity contribution in [2.45, 2.75) is 57.0 Å². The lowest BCUT2D eigenvalue weighted by Gasteiger charge is -2.26. The highest BCUT2D eigenvalue weighted by atomic mass is 33.1. The fourth-order valence-corrected chi connectivity index (χ4v) is 13.1. The van der Waals surface area contributed by atoms with E-state index < -0.39 is 16.1 Å². The molecule has 6 rings (SSSR count). The number of nitrogens with two attached hydrogens (primary N) is 1. The Balaban J connectivity index is 0.000000199. The van der Waals surface area contributed by atoms with Crippen molar-refractivity contribution in [2.75, 3.05) is 43.1 Å². The number of hydrogen-bond donors (Lipinski definition) is 4. The predicted molar refractivity (Wildman–Crippen MR) is 218 cm³/mol. The Morgan fingerprint density at radius 2 is 1.67 bits per heavy atom. The predicted octanol–water partition coefficient (Wildman–Crippen LogP) is 7.57. The van der Waals surface area contributed by atoms with Gasteiger partial charge in [-0.2, -0.15) is 0 Å². The first-order valence-corrected chi connectivity index (χ1v) is 21.9. The van der Waals surface area contributed by atoms with Crippen LogP contribution in [0.2, 0.25) is 0 Å². The number of hydrogen-bond acceptors (Lipinski definition) is 15. The quantitative estimate of drug-likeness (QED) is 0.0291. The first-order chi connectivity index (χ1) is 25.7. The van der Waals surface area contributed by atoms with Crippen LogP contribution in [0.4, 0.5) is 11.4 Å². The fourth-order valence-electron chi connectivity index (χ4n) is 5.22. The number of phenols is 1. The molecule has 4 atom stereocenters. The number of carbonyl (C=O) groups is 1. The minimum Gasteiger partial charge on any atom is -0.506 e. The van der Waals surface area contributed by atoms with Crippen molar-refractivity contribution in [3.63, 3.8) is 0 Å². The van der Waals surface area contributed by atoms with Crippen molar-refractivity contribution in [3.05, 3.63) is 104 Å². The molecule has 3 aliphatic rings. The van der Waals surface area contributed by atoms with Crippen LogP contribution in [0.15, 0.2) is 66.7 Å². The smallest absolute Gasteiger partial charge is 0.311 e. The topological polar surface area (TPSA) is 205 Å². The van der Waals surface area contributed by atoms with Gasteiger partial charge in [0.2, 0.25) is 6.41 Å². The summed E-state index contributed by atoms with van der Waals surface area (Å²) in [4.78, 5) is 36.9. The zero-order valence-electron chi connectivity index (χ0n) is 30.5. The number of benzene rings is 3. The van der Waals surface area contributed by atoms with Gasteiger partial charge < -0.3 is 35.8 Å². The number of nitrogens with one attached hydrogen (secondary N) is 2. The molecule has 4 unspecified atom stereocenters. The van der Waals surface area contributed by atoms with E-state index in [4.69, 9.17) is 20.0 Å². The van der Waals surface area contributed by atoms with Crippen LogP contribution in [0.5, 0.6) is 11.5 Å². The molecule has 0 aliphatic carbocycles. The number of ether oxygens (including phenoxy) is 2. The molecule has 294 valence electrons. The lowest BCUT2D eigenvalue weighted by atomic mass is 9.91. The van der Waals surface area contributed by atoms with E-state index in [0.717, 1.165) is 23.4 Å². The second-order valence-corrected chi connectivity index (χ2v) is 19.1. The highest BCUT2D eigenvalue weighted by Crippen LogP contribution is 2.49. The van der Waals surface area contributed by atoms with Crippen LogP contribution in [-0.2, 0) is 21.0 Å². The molecule has 3 aliphatic heterocycles. The van der Waals surface area contributed by atoms with Crippen LogP contribution in [0.1, 0.15) is 56.6 Å². The molecule has 14 nitrogen and oxygen atoms in total. The third kappa shape index (κ3) is 13.1. The molecular formula is C36H47N5O9S4. The van der Waals surface area contributed by atoms with Gasteiger partial charge in [0.05, 0.1) is 17.2 Å². The number of aromatic hydroxyl groups is 1. The van der Waals surface area contributed by atoms with Crippen LogP contribution >= 0.6 is 43.2 Å². The molecule has 3 aromatic rings. The molecular weight excluding hydrogens is 775 g/mol. The summed E-state index contributed by atoms with van der Waals surface area (Å²) >= 11 is 0. The largest absolute Gasteiger partial charge is 0.506 e. The number of rotatable bonds is 15. The average Bonchev–Trinajstić information content (AvgIpc) is 3.85. The van der Waals surface area contributed by atoms with E-state index in [1.807, 2.05) is 79.6 Å². The third-order valence-electron chi connectivity index (χ3n) is 8.79. The maximum absolute atomic E-state index is 11.1. The standard InChI is InChI=1S/C15H21N3O5S2.C15H13NO4.C6H13NS2/c1-15(2)8-24-25-14(15)7-16-6-13(23-18(21)22)10-3-4-12(20)11(5-10)17-9-19;17-16(18)13-8-12(15-10-20-15)6-7-14(13)19-9-11-4-2-1-3-5-11;1-6(2)4-8-9-5(6)3-7/h3-5,9,13-14,16,20H,6-8H2,1-2H3,(H,17,19);1-8,15H,9-10H2;5H,3-4,7H2,1-2H3.